The predicted molar refractivity (Wildman–Crippen MR) is 75.8 cm³/mol. The average Bonchev–Trinajstić information content (AvgIpc) is 2.36. The number of carbonyl (C=O) groups excluding carboxylic acids is 2. The van der Waals surface area contributed by atoms with Crippen LogP contribution < -0.4 is 4.74 Å². The van der Waals surface area contributed by atoms with Gasteiger partial charge < -0.3 is 14.2 Å². The summed E-state index contributed by atoms with van der Waals surface area (Å²) >= 11 is 0. The fourth-order valence-electron chi connectivity index (χ4n) is 2.50. The largest absolute Gasteiger partial charge is 0.497 e. The van der Waals surface area contributed by atoms with E-state index in [4.69, 9.17) is 14.2 Å². The quantitative estimate of drug-likeness (QED) is 0.632. The SMILES string of the molecule is COc1cccc(C(C)(C)C2C(=O)OC(C)(C)OC2=O)c1. The Balaban J connectivity index is 2.38. The van der Waals surface area contributed by atoms with Crippen LogP contribution in [0.3, 0.4) is 0 Å². The Morgan fingerprint density at radius 3 is 2.24 bits per heavy atom. The number of methoxy groups -OCH3 is 1. The van der Waals surface area contributed by atoms with Gasteiger partial charge in [-0.15, -0.1) is 0 Å². The molecule has 114 valence electrons. The molecule has 0 N–H and O–H groups in total. The first kappa shape index (κ1) is 15.4. The summed E-state index contributed by atoms with van der Waals surface area (Å²) in [5.74, 6) is -2.68. The number of hydrogen-bond acceptors (Lipinski definition) is 5. The summed E-state index contributed by atoms with van der Waals surface area (Å²) in [6, 6.07) is 7.28. The van der Waals surface area contributed by atoms with Crippen LogP contribution in [0.25, 0.3) is 0 Å². The van der Waals surface area contributed by atoms with Crippen LogP contribution in [0, 0.1) is 5.92 Å². The van der Waals surface area contributed by atoms with Crippen LogP contribution in [0.4, 0.5) is 0 Å². The van der Waals surface area contributed by atoms with E-state index >= 15 is 0 Å². The van der Waals surface area contributed by atoms with Crippen molar-refractivity contribution in [2.24, 2.45) is 5.92 Å². The minimum Gasteiger partial charge on any atom is -0.497 e. The topological polar surface area (TPSA) is 61.8 Å². The van der Waals surface area contributed by atoms with E-state index in [9.17, 15) is 9.59 Å². The van der Waals surface area contributed by atoms with Gasteiger partial charge in [-0.1, -0.05) is 26.0 Å². The van der Waals surface area contributed by atoms with E-state index < -0.39 is 29.1 Å². The van der Waals surface area contributed by atoms with Crippen LogP contribution in [-0.2, 0) is 24.5 Å². The van der Waals surface area contributed by atoms with E-state index in [1.807, 2.05) is 26.0 Å². The fourth-order valence-corrected chi connectivity index (χ4v) is 2.50. The summed E-state index contributed by atoms with van der Waals surface area (Å²) in [5, 5.41) is 0. The molecule has 1 heterocycles. The number of benzene rings is 1. The summed E-state index contributed by atoms with van der Waals surface area (Å²) in [5.41, 5.74) is 0.0413. The smallest absolute Gasteiger partial charge is 0.324 e. The zero-order valence-electron chi connectivity index (χ0n) is 12.9. The van der Waals surface area contributed by atoms with Crippen molar-refractivity contribution in [3.63, 3.8) is 0 Å². The molecule has 1 aliphatic heterocycles. The summed E-state index contributed by atoms with van der Waals surface area (Å²) < 4.78 is 15.6. The summed E-state index contributed by atoms with van der Waals surface area (Å²) in [6.07, 6.45) is 0. The van der Waals surface area contributed by atoms with Gasteiger partial charge in [0.2, 0.25) is 0 Å². The lowest BCUT2D eigenvalue weighted by atomic mass is 9.73. The number of rotatable bonds is 3. The molecule has 0 unspecified atom stereocenters. The molecule has 1 fully saturated rings. The monoisotopic (exact) mass is 292 g/mol. The molecule has 0 radical (unpaired) electrons. The van der Waals surface area contributed by atoms with Crippen molar-refractivity contribution >= 4 is 11.9 Å². The van der Waals surface area contributed by atoms with Gasteiger partial charge in [0, 0.05) is 19.3 Å². The van der Waals surface area contributed by atoms with Crippen molar-refractivity contribution in [2.75, 3.05) is 7.11 Å². The van der Waals surface area contributed by atoms with Crippen LogP contribution in [0.2, 0.25) is 0 Å². The first-order chi connectivity index (χ1) is 9.67. The molecule has 0 saturated carbocycles. The minimum atomic E-state index is -1.21. The second kappa shape index (κ2) is 5.06. The maximum Gasteiger partial charge on any atom is 0.324 e. The molecule has 1 saturated heterocycles. The fraction of sp³-hybridized carbons (Fsp3) is 0.500. The molecule has 0 aliphatic carbocycles. The molecule has 2 rings (SSSR count). The third-order valence-electron chi connectivity index (χ3n) is 3.70. The normalized spacial score (nSPS) is 18.9. The van der Waals surface area contributed by atoms with Gasteiger partial charge >= 0.3 is 11.9 Å². The maximum absolute atomic E-state index is 12.2. The molecule has 0 amide bonds. The third kappa shape index (κ3) is 2.86. The Labute approximate surface area is 124 Å². The lowest BCUT2D eigenvalue weighted by Gasteiger charge is -2.39. The highest BCUT2D eigenvalue weighted by atomic mass is 16.7. The number of carbonyl (C=O) groups is 2. The van der Waals surface area contributed by atoms with Gasteiger partial charge in [-0.3, -0.25) is 9.59 Å². The van der Waals surface area contributed by atoms with Gasteiger partial charge in [-0.05, 0) is 17.7 Å². The van der Waals surface area contributed by atoms with Gasteiger partial charge in [-0.2, -0.15) is 0 Å². The Morgan fingerprint density at radius 1 is 1.14 bits per heavy atom. The molecule has 21 heavy (non-hydrogen) atoms. The number of esters is 2. The van der Waals surface area contributed by atoms with Crippen molar-refractivity contribution < 1.29 is 23.8 Å². The second-order valence-corrected chi connectivity index (χ2v) is 6.13. The lowest BCUT2D eigenvalue weighted by Crippen LogP contribution is -2.52. The molecule has 0 atom stereocenters. The van der Waals surface area contributed by atoms with Crippen molar-refractivity contribution in [2.45, 2.75) is 38.9 Å². The van der Waals surface area contributed by atoms with Crippen LogP contribution in [0.5, 0.6) is 5.75 Å². The highest BCUT2D eigenvalue weighted by Gasteiger charge is 2.51. The predicted octanol–water partition coefficient (Wildman–Crippen LogP) is 2.43. The Kier molecular flexibility index (Phi) is 3.70. The van der Waals surface area contributed by atoms with Crippen molar-refractivity contribution in [3.8, 4) is 5.75 Å². The molecule has 5 heteroatoms. The molecule has 0 bridgehead atoms. The Hall–Kier alpha value is -2.04. The van der Waals surface area contributed by atoms with E-state index in [1.54, 1.807) is 19.2 Å². The lowest BCUT2D eigenvalue weighted by molar-refractivity contribution is -0.243. The molecular formula is C16H20O5. The molecular weight excluding hydrogens is 272 g/mol. The van der Waals surface area contributed by atoms with Gasteiger partial charge in [-0.25, -0.2) is 0 Å². The maximum atomic E-state index is 12.2. The number of cyclic esters (lactones) is 2. The molecule has 1 aromatic rings. The third-order valence-corrected chi connectivity index (χ3v) is 3.70. The van der Waals surface area contributed by atoms with Crippen molar-refractivity contribution in [3.05, 3.63) is 29.8 Å². The molecule has 5 nitrogen and oxygen atoms in total. The van der Waals surface area contributed by atoms with Crippen LogP contribution in [-0.4, -0.2) is 24.8 Å². The number of hydrogen-bond donors (Lipinski definition) is 0. The average molecular weight is 292 g/mol. The van der Waals surface area contributed by atoms with Crippen LogP contribution >= 0.6 is 0 Å². The van der Waals surface area contributed by atoms with E-state index in [1.165, 1.54) is 13.8 Å². The molecule has 0 spiro atoms. The Morgan fingerprint density at radius 2 is 1.71 bits per heavy atom. The molecule has 1 aromatic carbocycles. The first-order valence-electron chi connectivity index (χ1n) is 6.77. The van der Waals surface area contributed by atoms with Gasteiger partial charge in [0.05, 0.1) is 7.11 Å². The summed E-state index contributed by atoms with van der Waals surface area (Å²) in [4.78, 5) is 24.5. The van der Waals surface area contributed by atoms with Crippen molar-refractivity contribution in [1.29, 1.82) is 0 Å². The van der Waals surface area contributed by atoms with Gasteiger partial charge in [0.15, 0.2) is 5.92 Å². The van der Waals surface area contributed by atoms with Crippen molar-refractivity contribution in [1.82, 2.24) is 0 Å². The summed E-state index contributed by atoms with van der Waals surface area (Å²) in [7, 11) is 1.57. The van der Waals surface area contributed by atoms with E-state index in [2.05, 4.69) is 0 Å². The highest BCUT2D eigenvalue weighted by molar-refractivity contribution is 5.98. The second-order valence-electron chi connectivity index (χ2n) is 6.13. The highest BCUT2D eigenvalue weighted by Crippen LogP contribution is 2.38. The molecule has 0 aromatic heterocycles. The zero-order chi connectivity index (χ0) is 15.8. The van der Waals surface area contributed by atoms with E-state index in [0.717, 1.165) is 5.56 Å². The summed E-state index contributed by atoms with van der Waals surface area (Å²) in [6.45, 7) is 6.70. The van der Waals surface area contributed by atoms with E-state index in [0.29, 0.717) is 5.75 Å². The van der Waals surface area contributed by atoms with Gasteiger partial charge in [0.1, 0.15) is 5.75 Å². The first-order valence-corrected chi connectivity index (χ1v) is 6.77. The molecule has 1 aliphatic rings. The van der Waals surface area contributed by atoms with Gasteiger partial charge in [0.25, 0.3) is 5.79 Å². The Bertz CT molecular complexity index is 554. The number of ether oxygens (including phenoxy) is 3. The minimum absolute atomic E-state index is 0.566. The standard InChI is InChI=1S/C16H20O5/c1-15(2,10-7-6-8-11(9-10)19-5)12-13(17)20-16(3,4)21-14(12)18/h6-9,12H,1-5H3. The van der Waals surface area contributed by atoms with Crippen LogP contribution in [0.15, 0.2) is 24.3 Å². The van der Waals surface area contributed by atoms with E-state index in [-0.39, 0.29) is 0 Å². The zero-order valence-corrected chi connectivity index (χ0v) is 12.9. The van der Waals surface area contributed by atoms with Crippen LogP contribution in [0.1, 0.15) is 33.3 Å².